The van der Waals surface area contributed by atoms with Crippen molar-refractivity contribution in [1.29, 1.82) is 0 Å². The molecule has 0 aliphatic heterocycles. The number of nitrogens with one attached hydrogen (secondary N) is 1. The number of carbonyl (C=O) groups excluding carboxylic acids is 1. The van der Waals surface area contributed by atoms with Crippen LogP contribution in [0.25, 0.3) is 11.0 Å². The summed E-state index contributed by atoms with van der Waals surface area (Å²) in [5.41, 5.74) is 5.00. The van der Waals surface area contributed by atoms with Gasteiger partial charge in [-0.3, -0.25) is 14.2 Å². The van der Waals surface area contributed by atoms with E-state index in [-0.39, 0.29) is 18.0 Å². The summed E-state index contributed by atoms with van der Waals surface area (Å²) in [6.07, 6.45) is 3.35. The van der Waals surface area contributed by atoms with Gasteiger partial charge in [0.1, 0.15) is 12.2 Å². The largest absolute Gasteiger partial charge is 0.325 e. The third-order valence-electron chi connectivity index (χ3n) is 4.70. The van der Waals surface area contributed by atoms with Gasteiger partial charge in [-0.05, 0) is 61.6 Å². The van der Waals surface area contributed by atoms with E-state index in [1.54, 1.807) is 6.92 Å². The molecule has 0 atom stereocenters. The van der Waals surface area contributed by atoms with Crippen LogP contribution in [0, 0.1) is 6.92 Å². The van der Waals surface area contributed by atoms with Crippen LogP contribution < -0.4 is 10.9 Å². The first-order valence-electron chi connectivity index (χ1n) is 8.49. The lowest BCUT2D eigenvalue weighted by Crippen LogP contribution is -2.30. The predicted molar refractivity (Wildman–Crippen MR) is 97.8 cm³/mol. The molecule has 0 unspecified atom stereocenters. The van der Waals surface area contributed by atoms with Gasteiger partial charge in [-0.15, -0.1) is 0 Å². The molecule has 0 bridgehead atoms. The molecule has 25 heavy (non-hydrogen) atoms. The van der Waals surface area contributed by atoms with Gasteiger partial charge in [0.15, 0.2) is 0 Å². The molecule has 1 aromatic heterocycles. The SMILES string of the molecule is Cc1nc2ccccc2n(CC(=O)Nc2ccc3c(c2)CCC3)c1=O. The number of anilines is 1. The quantitative estimate of drug-likeness (QED) is 0.801. The molecule has 1 heterocycles. The van der Waals surface area contributed by atoms with Crippen LogP contribution in [0.15, 0.2) is 47.3 Å². The number of benzene rings is 2. The molecule has 1 N–H and O–H groups in total. The minimum absolute atomic E-state index is 0.0280. The fraction of sp³-hybridized carbons (Fsp3) is 0.250. The second-order valence-corrected chi connectivity index (χ2v) is 6.46. The van der Waals surface area contributed by atoms with Gasteiger partial charge < -0.3 is 5.32 Å². The Labute approximate surface area is 145 Å². The van der Waals surface area contributed by atoms with E-state index in [0.717, 1.165) is 18.5 Å². The molecule has 5 nitrogen and oxygen atoms in total. The number of aromatic nitrogens is 2. The first-order valence-corrected chi connectivity index (χ1v) is 8.49. The van der Waals surface area contributed by atoms with E-state index in [2.05, 4.69) is 16.4 Å². The molecule has 1 aliphatic rings. The molecule has 0 spiro atoms. The van der Waals surface area contributed by atoms with Gasteiger partial charge in [0, 0.05) is 5.69 Å². The molecule has 0 radical (unpaired) electrons. The first-order chi connectivity index (χ1) is 12.1. The summed E-state index contributed by atoms with van der Waals surface area (Å²) in [5.74, 6) is -0.212. The van der Waals surface area contributed by atoms with E-state index in [4.69, 9.17) is 0 Å². The topological polar surface area (TPSA) is 64.0 Å². The van der Waals surface area contributed by atoms with Gasteiger partial charge in [-0.1, -0.05) is 18.2 Å². The van der Waals surface area contributed by atoms with Gasteiger partial charge in [0.25, 0.3) is 5.56 Å². The van der Waals surface area contributed by atoms with E-state index >= 15 is 0 Å². The zero-order chi connectivity index (χ0) is 17.4. The monoisotopic (exact) mass is 333 g/mol. The van der Waals surface area contributed by atoms with Gasteiger partial charge in [-0.25, -0.2) is 4.98 Å². The Morgan fingerprint density at radius 1 is 1.16 bits per heavy atom. The Morgan fingerprint density at radius 3 is 2.84 bits per heavy atom. The van der Waals surface area contributed by atoms with Crippen LogP contribution in [0.3, 0.4) is 0 Å². The van der Waals surface area contributed by atoms with Crippen molar-refractivity contribution < 1.29 is 4.79 Å². The normalized spacial score (nSPS) is 13.0. The minimum atomic E-state index is -0.234. The number of para-hydroxylation sites is 2. The average Bonchev–Trinajstić information content (AvgIpc) is 3.06. The summed E-state index contributed by atoms with van der Waals surface area (Å²) in [6, 6.07) is 13.4. The molecule has 1 amide bonds. The Bertz CT molecular complexity index is 1040. The summed E-state index contributed by atoms with van der Waals surface area (Å²) >= 11 is 0. The van der Waals surface area contributed by atoms with Crippen molar-refractivity contribution >= 4 is 22.6 Å². The molecule has 4 rings (SSSR count). The molecular weight excluding hydrogens is 314 g/mol. The maximum atomic E-state index is 12.5. The highest BCUT2D eigenvalue weighted by Gasteiger charge is 2.14. The van der Waals surface area contributed by atoms with Crippen LogP contribution in [0.1, 0.15) is 23.2 Å². The number of aryl methyl sites for hydroxylation is 3. The third-order valence-corrected chi connectivity index (χ3v) is 4.70. The first kappa shape index (κ1) is 15.6. The number of rotatable bonds is 3. The average molecular weight is 333 g/mol. The number of fused-ring (bicyclic) bond motifs is 2. The van der Waals surface area contributed by atoms with Gasteiger partial charge in [0.2, 0.25) is 5.91 Å². The summed E-state index contributed by atoms with van der Waals surface area (Å²) in [7, 11) is 0. The molecule has 3 aromatic rings. The third kappa shape index (κ3) is 2.93. The maximum absolute atomic E-state index is 12.5. The number of carbonyl (C=O) groups is 1. The zero-order valence-corrected chi connectivity index (χ0v) is 14.1. The lowest BCUT2D eigenvalue weighted by molar-refractivity contribution is -0.116. The van der Waals surface area contributed by atoms with Crippen LogP contribution in [0.4, 0.5) is 5.69 Å². The number of amides is 1. The van der Waals surface area contributed by atoms with Crippen molar-refractivity contribution in [3.8, 4) is 0 Å². The Kier molecular flexibility index (Phi) is 3.84. The van der Waals surface area contributed by atoms with Crippen molar-refractivity contribution in [2.24, 2.45) is 0 Å². The zero-order valence-electron chi connectivity index (χ0n) is 14.1. The van der Waals surface area contributed by atoms with Gasteiger partial charge >= 0.3 is 0 Å². The van der Waals surface area contributed by atoms with Crippen molar-refractivity contribution in [2.75, 3.05) is 5.32 Å². The second kappa shape index (κ2) is 6.16. The van der Waals surface area contributed by atoms with Crippen LogP contribution in [-0.4, -0.2) is 15.5 Å². The van der Waals surface area contributed by atoms with Gasteiger partial charge in [0.05, 0.1) is 11.0 Å². The Morgan fingerprint density at radius 2 is 1.96 bits per heavy atom. The van der Waals surface area contributed by atoms with E-state index in [9.17, 15) is 9.59 Å². The van der Waals surface area contributed by atoms with E-state index in [1.807, 2.05) is 36.4 Å². The molecule has 2 aromatic carbocycles. The van der Waals surface area contributed by atoms with Crippen molar-refractivity contribution in [3.63, 3.8) is 0 Å². The number of nitrogens with zero attached hydrogens (tertiary/aromatic N) is 2. The van der Waals surface area contributed by atoms with Crippen LogP contribution in [-0.2, 0) is 24.2 Å². The van der Waals surface area contributed by atoms with Crippen LogP contribution in [0.2, 0.25) is 0 Å². The molecule has 5 heteroatoms. The minimum Gasteiger partial charge on any atom is -0.325 e. The second-order valence-electron chi connectivity index (χ2n) is 6.46. The van der Waals surface area contributed by atoms with Crippen molar-refractivity contribution in [1.82, 2.24) is 9.55 Å². The van der Waals surface area contributed by atoms with Gasteiger partial charge in [-0.2, -0.15) is 0 Å². The molecule has 126 valence electrons. The van der Waals surface area contributed by atoms with Crippen LogP contribution in [0.5, 0.6) is 0 Å². The standard InChI is InChI=1S/C20H19N3O2/c1-13-20(25)23(18-8-3-2-7-17(18)21-13)12-19(24)22-16-10-9-14-5-4-6-15(14)11-16/h2-3,7-11H,4-6,12H2,1H3,(H,22,24). The molecule has 0 saturated carbocycles. The number of hydrogen-bond acceptors (Lipinski definition) is 3. The lowest BCUT2D eigenvalue weighted by atomic mass is 10.1. The fourth-order valence-corrected chi connectivity index (χ4v) is 3.47. The fourth-order valence-electron chi connectivity index (χ4n) is 3.47. The smallest absolute Gasteiger partial charge is 0.272 e. The van der Waals surface area contributed by atoms with Crippen molar-refractivity contribution in [3.05, 3.63) is 69.6 Å². The molecular formula is C20H19N3O2. The summed E-state index contributed by atoms with van der Waals surface area (Å²) in [4.78, 5) is 29.2. The summed E-state index contributed by atoms with van der Waals surface area (Å²) in [5, 5.41) is 2.91. The van der Waals surface area contributed by atoms with E-state index in [1.165, 1.54) is 22.1 Å². The lowest BCUT2D eigenvalue weighted by Gasteiger charge is -2.12. The summed E-state index contributed by atoms with van der Waals surface area (Å²) < 4.78 is 1.49. The molecule has 1 aliphatic carbocycles. The Balaban J connectivity index is 1.62. The van der Waals surface area contributed by atoms with Crippen molar-refractivity contribution in [2.45, 2.75) is 32.7 Å². The highest BCUT2D eigenvalue weighted by molar-refractivity contribution is 5.91. The van der Waals surface area contributed by atoms with E-state index < -0.39 is 0 Å². The predicted octanol–water partition coefficient (Wildman–Crippen LogP) is 2.83. The molecule has 0 fully saturated rings. The maximum Gasteiger partial charge on any atom is 0.272 e. The highest BCUT2D eigenvalue weighted by atomic mass is 16.2. The van der Waals surface area contributed by atoms with Crippen LogP contribution >= 0.6 is 0 Å². The van der Waals surface area contributed by atoms with E-state index in [0.29, 0.717) is 16.7 Å². The molecule has 0 saturated heterocycles. The summed E-state index contributed by atoms with van der Waals surface area (Å²) in [6.45, 7) is 1.64. The number of hydrogen-bond donors (Lipinski definition) is 1. The highest BCUT2D eigenvalue weighted by Crippen LogP contribution is 2.24. The Hall–Kier alpha value is -2.95.